The van der Waals surface area contributed by atoms with Gasteiger partial charge in [0.05, 0.1) is 19.8 Å². The monoisotopic (exact) mass is 271 g/mol. The van der Waals surface area contributed by atoms with Crippen LogP contribution < -0.4 is 4.74 Å². The Morgan fingerprint density at radius 2 is 1.85 bits per heavy atom. The largest absolute Gasteiger partial charge is 0.426 e. The molecule has 3 rings (SSSR count). The fraction of sp³-hybridized carbons (Fsp3) is 0.312. The zero-order valence-corrected chi connectivity index (χ0v) is 11.2. The van der Waals surface area contributed by atoms with E-state index in [4.69, 9.17) is 9.47 Å². The molecule has 4 heteroatoms. The molecule has 0 radical (unpaired) electrons. The molecule has 0 N–H and O–H groups in total. The summed E-state index contributed by atoms with van der Waals surface area (Å²) in [5, 5.41) is 2.21. The van der Waals surface area contributed by atoms with Crippen molar-refractivity contribution in [1.82, 2.24) is 4.90 Å². The first kappa shape index (κ1) is 13.1. The lowest BCUT2D eigenvalue weighted by Gasteiger charge is -2.25. The van der Waals surface area contributed by atoms with Crippen LogP contribution in [0.1, 0.15) is 0 Å². The van der Waals surface area contributed by atoms with Gasteiger partial charge in [-0.1, -0.05) is 30.3 Å². The third-order valence-electron chi connectivity index (χ3n) is 3.41. The van der Waals surface area contributed by atoms with Crippen molar-refractivity contribution >= 4 is 16.7 Å². The lowest BCUT2D eigenvalue weighted by Crippen LogP contribution is -2.40. The summed E-state index contributed by atoms with van der Waals surface area (Å²) < 4.78 is 10.7. The van der Waals surface area contributed by atoms with Crippen LogP contribution in [-0.4, -0.2) is 43.7 Å². The summed E-state index contributed by atoms with van der Waals surface area (Å²) in [6, 6.07) is 13.7. The first-order valence-corrected chi connectivity index (χ1v) is 6.81. The second-order valence-electron chi connectivity index (χ2n) is 4.87. The minimum absolute atomic E-state index is 0.220. The molecule has 0 aromatic heterocycles. The predicted molar refractivity (Wildman–Crippen MR) is 76.8 cm³/mol. The number of carbonyl (C=O) groups is 1. The highest BCUT2D eigenvalue weighted by atomic mass is 16.5. The van der Waals surface area contributed by atoms with Crippen LogP contribution in [-0.2, 0) is 9.53 Å². The van der Waals surface area contributed by atoms with Crippen LogP contribution in [0.3, 0.4) is 0 Å². The summed E-state index contributed by atoms with van der Waals surface area (Å²) >= 11 is 0. The molecule has 1 aliphatic rings. The molecule has 1 aliphatic heterocycles. The lowest BCUT2D eigenvalue weighted by atomic mass is 10.1. The average Bonchev–Trinajstić information content (AvgIpc) is 2.48. The summed E-state index contributed by atoms with van der Waals surface area (Å²) in [6.45, 7) is 3.25. The Labute approximate surface area is 117 Å². The molecular formula is C16H17NO3. The molecule has 2 aromatic carbocycles. The molecule has 0 spiro atoms. The molecule has 0 saturated carbocycles. The smallest absolute Gasteiger partial charge is 0.325 e. The Balaban J connectivity index is 1.64. The van der Waals surface area contributed by atoms with Crippen molar-refractivity contribution in [3.05, 3.63) is 42.5 Å². The van der Waals surface area contributed by atoms with E-state index < -0.39 is 0 Å². The maximum Gasteiger partial charge on any atom is 0.325 e. The molecule has 0 aliphatic carbocycles. The van der Waals surface area contributed by atoms with Crippen molar-refractivity contribution in [3.63, 3.8) is 0 Å². The number of nitrogens with zero attached hydrogens (tertiary/aromatic N) is 1. The SMILES string of the molecule is O=C(CN1CCOCC1)Oc1ccc2ccccc2c1. The molecule has 0 unspecified atom stereocenters. The Bertz CT molecular complexity index is 605. The number of carbonyl (C=O) groups excluding carboxylic acids is 1. The maximum absolute atomic E-state index is 11.9. The minimum atomic E-state index is -0.220. The highest BCUT2D eigenvalue weighted by Gasteiger charge is 2.15. The van der Waals surface area contributed by atoms with Gasteiger partial charge in [0.25, 0.3) is 0 Å². The normalized spacial score (nSPS) is 16.2. The number of fused-ring (bicyclic) bond motifs is 1. The molecule has 4 nitrogen and oxygen atoms in total. The first-order chi connectivity index (χ1) is 9.81. The van der Waals surface area contributed by atoms with E-state index in [1.807, 2.05) is 47.4 Å². The van der Waals surface area contributed by atoms with Gasteiger partial charge in [-0.3, -0.25) is 9.69 Å². The van der Waals surface area contributed by atoms with Crippen LogP contribution >= 0.6 is 0 Å². The Morgan fingerprint density at radius 3 is 2.65 bits per heavy atom. The minimum Gasteiger partial charge on any atom is -0.426 e. The third-order valence-corrected chi connectivity index (χ3v) is 3.41. The van der Waals surface area contributed by atoms with E-state index in [1.165, 1.54) is 0 Å². The molecular weight excluding hydrogens is 254 g/mol. The van der Waals surface area contributed by atoms with Crippen molar-refractivity contribution in [2.45, 2.75) is 0 Å². The summed E-state index contributed by atoms with van der Waals surface area (Å²) in [4.78, 5) is 14.0. The second-order valence-corrected chi connectivity index (χ2v) is 4.87. The Hall–Kier alpha value is -1.91. The van der Waals surface area contributed by atoms with Gasteiger partial charge in [-0.05, 0) is 22.9 Å². The number of hydrogen-bond acceptors (Lipinski definition) is 4. The summed E-state index contributed by atoms with van der Waals surface area (Å²) in [7, 11) is 0. The average molecular weight is 271 g/mol. The number of rotatable bonds is 3. The van der Waals surface area contributed by atoms with Gasteiger partial charge in [-0.2, -0.15) is 0 Å². The highest BCUT2D eigenvalue weighted by molar-refractivity contribution is 5.84. The Morgan fingerprint density at radius 1 is 1.10 bits per heavy atom. The number of ether oxygens (including phenoxy) is 2. The van der Waals surface area contributed by atoms with Crippen LogP contribution in [0.15, 0.2) is 42.5 Å². The van der Waals surface area contributed by atoms with Crippen LogP contribution in [0, 0.1) is 0 Å². The fourth-order valence-electron chi connectivity index (χ4n) is 2.34. The van der Waals surface area contributed by atoms with Gasteiger partial charge in [0, 0.05) is 13.1 Å². The second kappa shape index (κ2) is 6.03. The molecule has 0 amide bonds. The van der Waals surface area contributed by atoms with E-state index in [9.17, 15) is 4.79 Å². The van der Waals surface area contributed by atoms with Gasteiger partial charge in [-0.25, -0.2) is 0 Å². The van der Waals surface area contributed by atoms with Crippen LogP contribution in [0.4, 0.5) is 0 Å². The number of esters is 1. The van der Waals surface area contributed by atoms with Crippen molar-refractivity contribution in [2.75, 3.05) is 32.8 Å². The van der Waals surface area contributed by atoms with E-state index in [1.54, 1.807) is 0 Å². The van der Waals surface area contributed by atoms with Crippen LogP contribution in [0.25, 0.3) is 10.8 Å². The standard InChI is InChI=1S/C16H17NO3/c18-16(12-17-7-9-19-10-8-17)20-15-6-5-13-3-1-2-4-14(13)11-15/h1-6,11H,7-10,12H2. The van der Waals surface area contributed by atoms with Crippen molar-refractivity contribution in [2.24, 2.45) is 0 Å². The number of benzene rings is 2. The molecule has 1 heterocycles. The summed E-state index contributed by atoms with van der Waals surface area (Å²) in [5.74, 6) is 0.379. The molecule has 0 atom stereocenters. The van der Waals surface area contributed by atoms with Gasteiger partial charge in [0.1, 0.15) is 5.75 Å². The number of morpholine rings is 1. The van der Waals surface area contributed by atoms with Crippen molar-refractivity contribution in [3.8, 4) is 5.75 Å². The van der Waals surface area contributed by atoms with E-state index in [0.717, 1.165) is 23.9 Å². The molecule has 0 bridgehead atoms. The maximum atomic E-state index is 11.9. The van der Waals surface area contributed by atoms with Crippen LogP contribution in [0.5, 0.6) is 5.75 Å². The molecule has 20 heavy (non-hydrogen) atoms. The van der Waals surface area contributed by atoms with Crippen molar-refractivity contribution in [1.29, 1.82) is 0 Å². The van der Waals surface area contributed by atoms with Gasteiger partial charge in [-0.15, -0.1) is 0 Å². The summed E-state index contributed by atoms with van der Waals surface area (Å²) in [6.07, 6.45) is 0. The topological polar surface area (TPSA) is 38.8 Å². The number of hydrogen-bond donors (Lipinski definition) is 0. The predicted octanol–water partition coefficient (Wildman–Crippen LogP) is 2.08. The first-order valence-electron chi connectivity index (χ1n) is 6.81. The highest BCUT2D eigenvalue weighted by Crippen LogP contribution is 2.20. The Kier molecular flexibility index (Phi) is 3.95. The summed E-state index contributed by atoms with van der Waals surface area (Å²) in [5.41, 5.74) is 0. The van der Waals surface area contributed by atoms with E-state index in [-0.39, 0.29) is 5.97 Å². The van der Waals surface area contributed by atoms with Gasteiger partial charge in [0.15, 0.2) is 0 Å². The van der Waals surface area contributed by atoms with Crippen molar-refractivity contribution < 1.29 is 14.3 Å². The quantitative estimate of drug-likeness (QED) is 0.633. The van der Waals surface area contributed by atoms with E-state index >= 15 is 0 Å². The van der Waals surface area contributed by atoms with Gasteiger partial charge in [0.2, 0.25) is 0 Å². The van der Waals surface area contributed by atoms with E-state index in [2.05, 4.69) is 0 Å². The van der Waals surface area contributed by atoms with Crippen LogP contribution in [0.2, 0.25) is 0 Å². The lowest BCUT2D eigenvalue weighted by molar-refractivity contribution is -0.136. The molecule has 1 saturated heterocycles. The van der Waals surface area contributed by atoms with E-state index in [0.29, 0.717) is 25.5 Å². The fourth-order valence-corrected chi connectivity index (χ4v) is 2.34. The zero-order chi connectivity index (χ0) is 13.8. The third kappa shape index (κ3) is 3.15. The molecule has 1 fully saturated rings. The van der Waals surface area contributed by atoms with Gasteiger partial charge >= 0.3 is 5.97 Å². The molecule has 104 valence electrons. The van der Waals surface area contributed by atoms with Gasteiger partial charge < -0.3 is 9.47 Å². The zero-order valence-electron chi connectivity index (χ0n) is 11.2. The molecule has 2 aromatic rings.